The maximum Gasteiger partial charge on any atom is 0.416 e. The molecule has 26 heavy (non-hydrogen) atoms. The van der Waals surface area contributed by atoms with E-state index in [2.05, 4.69) is 5.10 Å². The Kier molecular flexibility index (Phi) is 5.02. The molecular formula is C20H15F3N2O. The summed E-state index contributed by atoms with van der Waals surface area (Å²) in [7, 11) is 0. The Morgan fingerprint density at radius 3 is 2.38 bits per heavy atom. The predicted molar refractivity (Wildman–Crippen MR) is 92.6 cm³/mol. The molecule has 1 aromatic heterocycles. The van der Waals surface area contributed by atoms with E-state index in [0.29, 0.717) is 6.54 Å². The molecule has 3 aromatic rings. The number of ketones is 1. The largest absolute Gasteiger partial charge is 0.416 e. The standard InChI is InChI=1S/C20H15F3N2O/c21-20(22,23)18-9-7-17(8-10-18)19(26)11-6-16-12-24-25(14-16)13-15-4-2-1-3-5-15/h1-12,14H,13H2/b11-6-. The van der Waals surface area contributed by atoms with Gasteiger partial charge in [0.2, 0.25) is 0 Å². The van der Waals surface area contributed by atoms with Gasteiger partial charge in [0.1, 0.15) is 0 Å². The number of halogens is 3. The van der Waals surface area contributed by atoms with Crippen LogP contribution in [-0.2, 0) is 12.7 Å². The smallest absolute Gasteiger partial charge is 0.289 e. The molecule has 0 aliphatic carbocycles. The molecule has 6 heteroatoms. The van der Waals surface area contributed by atoms with Crippen molar-refractivity contribution in [1.82, 2.24) is 9.78 Å². The summed E-state index contributed by atoms with van der Waals surface area (Å²) >= 11 is 0. The van der Waals surface area contributed by atoms with Gasteiger partial charge in [-0.2, -0.15) is 18.3 Å². The highest BCUT2D eigenvalue weighted by Gasteiger charge is 2.30. The minimum Gasteiger partial charge on any atom is -0.289 e. The van der Waals surface area contributed by atoms with Crippen molar-refractivity contribution in [2.24, 2.45) is 0 Å². The zero-order valence-corrected chi connectivity index (χ0v) is 13.6. The average molecular weight is 356 g/mol. The number of rotatable bonds is 5. The number of alkyl halides is 3. The Balaban J connectivity index is 1.65. The molecule has 0 aliphatic rings. The van der Waals surface area contributed by atoms with Crippen molar-refractivity contribution in [1.29, 1.82) is 0 Å². The second-order valence-electron chi connectivity index (χ2n) is 5.73. The lowest BCUT2D eigenvalue weighted by atomic mass is 10.1. The van der Waals surface area contributed by atoms with Crippen LogP contribution in [0.1, 0.15) is 27.0 Å². The van der Waals surface area contributed by atoms with E-state index >= 15 is 0 Å². The van der Waals surface area contributed by atoms with Crippen LogP contribution < -0.4 is 0 Å². The number of hydrogen-bond acceptors (Lipinski definition) is 2. The third kappa shape index (κ3) is 4.47. The van der Waals surface area contributed by atoms with E-state index in [1.807, 2.05) is 30.3 Å². The quantitative estimate of drug-likeness (QED) is 0.484. The molecule has 132 valence electrons. The van der Waals surface area contributed by atoms with E-state index < -0.39 is 11.7 Å². The van der Waals surface area contributed by atoms with Crippen molar-refractivity contribution in [3.63, 3.8) is 0 Å². The van der Waals surface area contributed by atoms with Gasteiger partial charge in [0, 0.05) is 17.3 Å². The fourth-order valence-electron chi connectivity index (χ4n) is 2.41. The Morgan fingerprint density at radius 2 is 1.73 bits per heavy atom. The van der Waals surface area contributed by atoms with E-state index in [1.165, 1.54) is 18.2 Å². The zero-order valence-electron chi connectivity index (χ0n) is 13.6. The lowest BCUT2D eigenvalue weighted by Gasteiger charge is -2.06. The van der Waals surface area contributed by atoms with Gasteiger partial charge in [-0.05, 0) is 29.8 Å². The van der Waals surface area contributed by atoms with Crippen LogP contribution in [0.15, 0.2) is 73.1 Å². The van der Waals surface area contributed by atoms with Gasteiger partial charge >= 0.3 is 6.18 Å². The molecule has 1 heterocycles. The Hall–Kier alpha value is -3.15. The minimum atomic E-state index is -4.41. The lowest BCUT2D eigenvalue weighted by Crippen LogP contribution is -2.05. The summed E-state index contributed by atoms with van der Waals surface area (Å²) in [6, 6.07) is 14.0. The van der Waals surface area contributed by atoms with Crippen molar-refractivity contribution in [2.45, 2.75) is 12.7 Å². The van der Waals surface area contributed by atoms with Gasteiger partial charge in [-0.15, -0.1) is 0 Å². The van der Waals surface area contributed by atoms with Gasteiger partial charge in [-0.1, -0.05) is 42.5 Å². The summed E-state index contributed by atoms with van der Waals surface area (Å²) in [5.74, 6) is -0.366. The fraction of sp³-hybridized carbons (Fsp3) is 0.100. The molecule has 0 atom stereocenters. The number of allylic oxidation sites excluding steroid dienone is 1. The van der Waals surface area contributed by atoms with Crippen LogP contribution in [0.3, 0.4) is 0 Å². The van der Waals surface area contributed by atoms with Crippen molar-refractivity contribution in [3.8, 4) is 0 Å². The molecular weight excluding hydrogens is 341 g/mol. The van der Waals surface area contributed by atoms with Crippen molar-refractivity contribution in [3.05, 3.63) is 95.3 Å². The van der Waals surface area contributed by atoms with Gasteiger partial charge in [0.25, 0.3) is 0 Å². The number of carbonyl (C=O) groups excluding carboxylic acids is 1. The summed E-state index contributed by atoms with van der Waals surface area (Å²) in [5.41, 5.74) is 1.26. The van der Waals surface area contributed by atoms with Crippen LogP contribution in [0.25, 0.3) is 6.08 Å². The molecule has 0 aliphatic heterocycles. The summed E-state index contributed by atoms with van der Waals surface area (Å²) in [6.45, 7) is 0.613. The third-order valence-electron chi connectivity index (χ3n) is 3.76. The summed E-state index contributed by atoms with van der Waals surface area (Å²) in [6.07, 6.45) is 1.93. The van der Waals surface area contributed by atoms with Gasteiger partial charge in [-0.25, -0.2) is 0 Å². The number of carbonyl (C=O) groups is 1. The number of hydrogen-bond donors (Lipinski definition) is 0. The van der Waals surface area contributed by atoms with Crippen LogP contribution in [-0.4, -0.2) is 15.6 Å². The zero-order chi connectivity index (χ0) is 18.6. The Labute approximate surface area is 148 Å². The number of benzene rings is 2. The third-order valence-corrected chi connectivity index (χ3v) is 3.76. The lowest BCUT2D eigenvalue weighted by molar-refractivity contribution is -0.137. The highest BCUT2D eigenvalue weighted by Crippen LogP contribution is 2.29. The minimum absolute atomic E-state index is 0.200. The van der Waals surface area contributed by atoms with Crippen LogP contribution in [0.5, 0.6) is 0 Å². The summed E-state index contributed by atoms with van der Waals surface area (Å²) in [4.78, 5) is 12.1. The average Bonchev–Trinajstić information content (AvgIpc) is 3.07. The summed E-state index contributed by atoms with van der Waals surface area (Å²) in [5, 5.41) is 4.23. The monoisotopic (exact) mass is 356 g/mol. The molecule has 0 N–H and O–H groups in total. The van der Waals surface area contributed by atoms with Gasteiger partial charge in [0.05, 0.1) is 18.3 Å². The highest BCUT2D eigenvalue weighted by molar-refractivity contribution is 6.06. The first kappa shape index (κ1) is 17.7. The summed E-state index contributed by atoms with van der Waals surface area (Å²) < 4.78 is 39.4. The van der Waals surface area contributed by atoms with Crippen molar-refractivity contribution < 1.29 is 18.0 Å². The molecule has 3 nitrogen and oxygen atoms in total. The van der Waals surface area contributed by atoms with Crippen molar-refractivity contribution >= 4 is 11.9 Å². The molecule has 0 unspecified atom stereocenters. The fourth-order valence-corrected chi connectivity index (χ4v) is 2.41. The first-order valence-electron chi connectivity index (χ1n) is 7.88. The van der Waals surface area contributed by atoms with E-state index in [4.69, 9.17) is 0 Å². The van der Waals surface area contributed by atoms with E-state index in [0.717, 1.165) is 23.3 Å². The van der Waals surface area contributed by atoms with Crippen LogP contribution in [0.2, 0.25) is 0 Å². The van der Waals surface area contributed by atoms with E-state index in [9.17, 15) is 18.0 Å². The normalized spacial score (nSPS) is 11.8. The van der Waals surface area contributed by atoms with Gasteiger partial charge in [-0.3, -0.25) is 9.48 Å². The number of aromatic nitrogens is 2. The second-order valence-corrected chi connectivity index (χ2v) is 5.73. The van der Waals surface area contributed by atoms with Gasteiger partial charge in [0.15, 0.2) is 5.78 Å². The Bertz CT molecular complexity index is 910. The molecule has 2 aromatic carbocycles. The van der Waals surface area contributed by atoms with Crippen LogP contribution in [0.4, 0.5) is 13.2 Å². The maximum atomic E-state index is 12.5. The Morgan fingerprint density at radius 1 is 1.04 bits per heavy atom. The molecule has 0 saturated heterocycles. The SMILES string of the molecule is O=C(/C=C\c1cnn(Cc2ccccc2)c1)c1ccc(C(F)(F)F)cc1. The molecule has 0 fully saturated rings. The van der Waals surface area contributed by atoms with Gasteiger partial charge < -0.3 is 0 Å². The highest BCUT2D eigenvalue weighted by atomic mass is 19.4. The molecule has 3 rings (SSSR count). The topological polar surface area (TPSA) is 34.9 Å². The first-order chi connectivity index (χ1) is 12.4. The first-order valence-corrected chi connectivity index (χ1v) is 7.88. The van der Waals surface area contributed by atoms with E-state index in [1.54, 1.807) is 23.2 Å². The number of nitrogens with zero attached hydrogens (tertiary/aromatic N) is 2. The maximum absolute atomic E-state index is 12.5. The molecule has 0 bridgehead atoms. The second kappa shape index (κ2) is 7.39. The predicted octanol–water partition coefficient (Wildman–Crippen LogP) is 4.85. The molecule has 0 saturated carbocycles. The van der Waals surface area contributed by atoms with Crippen LogP contribution >= 0.6 is 0 Å². The van der Waals surface area contributed by atoms with E-state index in [-0.39, 0.29) is 11.3 Å². The molecule has 0 spiro atoms. The molecule has 0 amide bonds. The molecule has 0 radical (unpaired) electrons. The van der Waals surface area contributed by atoms with Crippen molar-refractivity contribution in [2.75, 3.05) is 0 Å². The van der Waals surface area contributed by atoms with Crippen LogP contribution in [0, 0.1) is 0 Å².